The molecule has 1 aromatic heterocycles. The molecule has 8 nitrogen and oxygen atoms in total. The Morgan fingerprint density at radius 3 is 2.41 bits per heavy atom. The zero-order chi connectivity index (χ0) is 21.6. The molecule has 156 valence electrons. The summed E-state index contributed by atoms with van der Waals surface area (Å²) in [6.45, 7) is 3.58. The smallest absolute Gasteiger partial charge is 0.227 e. The highest BCUT2D eigenvalue weighted by molar-refractivity contribution is 5.98. The molecule has 0 saturated heterocycles. The summed E-state index contributed by atoms with van der Waals surface area (Å²) in [7, 11) is 3.74. The van der Waals surface area contributed by atoms with E-state index in [-0.39, 0.29) is 30.4 Å². The van der Waals surface area contributed by atoms with Crippen LogP contribution in [0.25, 0.3) is 11.5 Å². The average molecular weight is 400 g/mol. The minimum Gasteiger partial charge on any atom is -0.433 e. The van der Waals surface area contributed by atoms with Gasteiger partial charge >= 0.3 is 0 Å². The van der Waals surface area contributed by atoms with Crippen LogP contribution in [-0.4, -0.2) is 48.1 Å². The van der Waals surface area contributed by atoms with Gasteiger partial charge in [0.15, 0.2) is 5.76 Å². The Kier molecular flexibility index (Phi) is 7.28. The minimum absolute atomic E-state index is 0.0967. The molecular formula is C21H28N4O4. The van der Waals surface area contributed by atoms with E-state index in [4.69, 9.17) is 10.2 Å². The molecule has 0 bridgehead atoms. The van der Waals surface area contributed by atoms with Crippen LogP contribution >= 0.6 is 0 Å². The van der Waals surface area contributed by atoms with Crippen LogP contribution in [0.15, 0.2) is 34.7 Å². The Hall–Kier alpha value is -3.00. The second kappa shape index (κ2) is 9.47. The first kappa shape index (κ1) is 22.3. The molecule has 2 aromatic rings. The third-order valence-corrected chi connectivity index (χ3v) is 4.53. The molecule has 0 aliphatic heterocycles. The average Bonchev–Trinajstić information content (AvgIpc) is 3.08. The van der Waals surface area contributed by atoms with Crippen molar-refractivity contribution in [1.82, 2.24) is 15.2 Å². The third-order valence-electron chi connectivity index (χ3n) is 4.53. The van der Waals surface area contributed by atoms with Gasteiger partial charge in [-0.3, -0.25) is 14.4 Å². The number of hydrogen-bond acceptors (Lipinski definition) is 6. The molecule has 1 heterocycles. The van der Waals surface area contributed by atoms with Crippen molar-refractivity contribution >= 4 is 17.6 Å². The fourth-order valence-corrected chi connectivity index (χ4v) is 2.58. The van der Waals surface area contributed by atoms with E-state index < -0.39 is 11.3 Å². The number of hydrogen-bond donors (Lipinski definition) is 2. The summed E-state index contributed by atoms with van der Waals surface area (Å²) in [6, 6.07) is 9.30. The van der Waals surface area contributed by atoms with Crippen LogP contribution < -0.4 is 11.1 Å². The predicted molar refractivity (Wildman–Crippen MR) is 109 cm³/mol. The van der Waals surface area contributed by atoms with Gasteiger partial charge in [0.1, 0.15) is 5.69 Å². The fourth-order valence-electron chi connectivity index (χ4n) is 2.58. The van der Waals surface area contributed by atoms with Gasteiger partial charge in [0, 0.05) is 23.9 Å². The van der Waals surface area contributed by atoms with Gasteiger partial charge in [0.25, 0.3) is 0 Å². The standard InChI is InChI=1S/C21H28N4O4/c1-21(2,20(22)28)11-10-17(27)23-12-16(26)18-15(13-25(3)4)24-19(29-18)14-8-6-5-7-9-14/h5-9H,10-13H2,1-4H3,(H2,22,28)(H,23,27). The summed E-state index contributed by atoms with van der Waals surface area (Å²) < 4.78 is 5.74. The lowest BCUT2D eigenvalue weighted by atomic mass is 9.87. The summed E-state index contributed by atoms with van der Waals surface area (Å²) in [5.74, 6) is -0.663. The maximum atomic E-state index is 12.7. The van der Waals surface area contributed by atoms with Crippen LogP contribution in [0.2, 0.25) is 0 Å². The fraction of sp³-hybridized carbons (Fsp3) is 0.429. The number of nitrogens with one attached hydrogen (secondary N) is 1. The van der Waals surface area contributed by atoms with E-state index in [1.807, 2.05) is 49.3 Å². The molecule has 2 rings (SSSR count). The normalized spacial score (nSPS) is 11.5. The lowest BCUT2D eigenvalue weighted by molar-refractivity contribution is -0.127. The number of Topliss-reactive ketones (excluding diaryl/α,β-unsaturated/α-hetero) is 1. The van der Waals surface area contributed by atoms with Gasteiger partial charge in [-0.05, 0) is 32.6 Å². The predicted octanol–water partition coefficient (Wildman–Crippen LogP) is 1.99. The summed E-state index contributed by atoms with van der Waals surface area (Å²) in [4.78, 5) is 42.4. The first-order chi connectivity index (χ1) is 13.6. The highest BCUT2D eigenvalue weighted by Gasteiger charge is 2.26. The van der Waals surface area contributed by atoms with Crippen LogP contribution in [0.4, 0.5) is 0 Å². The second-order valence-electron chi connectivity index (χ2n) is 7.85. The molecule has 1 aromatic carbocycles. The molecule has 0 unspecified atom stereocenters. The van der Waals surface area contributed by atoms with E-state index in [0.29, 0.717) is 24.6 Å². The number of carbonyl (C=O) groups excluding carboxylic acids is 3. The molecule has 0 saturated carbocycles. The van der Waals surface area contributed by atoms with Gasteiger partial charge < -0.3 is 20.4 Å². The number of rotatable bonds is 10. The van der Waals surface area contributed by atoms with Gasteiger partial charge in [-0.2, -0.15) is 0 Å². The van der Waals surface area contributed by atoms with Gasteiger partial charge in [-0.1, -0.05) is 32.0 Å². The lowest BCUT2D eigenvalue weighted by Gasteiger charge is -2.19. The van der Waals surface area contributed by atoms with Crippen molar-refractivity contribution in [2.45, 2.75) is 33.2 Å². The topological polar surface area (TPSA) is 119 Å². The number of amides is 2. The van der Waals surface area contributed by atoms with Crippen LogP contribution in [0, 0.1) is 5.41 Å². The number of benzene rings is 1. The summed E-state index contributed by atoms with van der Waals surface area (Å²) in [5, 5.41) is 2.58. The van der Waals surface area contributed by atoms with Crippen molar-refractivity contribution in [2.75, 3.05) is 20.6 Å². The van der Waals surface area contributed by atoms with Gasteiger partial charge in [0.05, 0.1) is 6.54 Å². The van der Waals surface area contributed by atoms with E-state index in [2.05, 4.69) is 10.3 Å². The van der Waals surface area contributed by atoms with Crippen LogP contribution in [0.3, 0.4) is 0 Å². The number of nitrogens with zero attached hydrogens (tertiary/aromatic N) is 2. The molecule has 29 heavy (non-hydrogen) atoms. The summed E-state index contributed by atoms with van der Waals surface area (Å²) in [6.07, 6.45) is 0.397. The van der Waals surface area contributed by atoms with Crippen molar-refractivity contribution < 1.29 is 18.8 Å². The zero-order valence-electron chi connectivity index (χ0n) is 17.3. The molecule has 2 amide bonds. The highest BCUT2D eigenvalue weighted by Crippen LogP contribution is 2.23. The Labute approximate surface area is 170 Å². The Morgan fingerprint density at radius 1 is 1.17 bits per heavy atom. The summed E-state index contributed by atoms with van der Waals surface area (Å²) >= 11 is 0. The molecule has 0 aliphatic rings. The van der Waals surface area contributed by atoms with E-state index in [1.165, 1.54) is 0 Å². The van der Waals surface area contributed by atoms with E-state index >= 15 is 0 Å². The number of primary amides is 1. The SMILES string of the molecule is CN(C)Cc1nc(-c2ccccc2)oc1C(=O)CNC(=O)CCC(C)(C)C(N)=O. The molecular weight excluding hydrogens is 372 g/mol. The first-order valence-electron chi connectivity index (χ1n) is 9.40. The number of carbonyl (C=O) groups is 3. The van der Waals surface area contributed by atoms with Crippen LogP contribution in [-0.2, 0) is 16.1 Å². The summed E-state index contributed by atoms with van der Waals surface area (Å²) in [5.41, 5.74) is 5.82. The van der Waals surface area contributed by atoms with Crippen molar-refractivity contribution in [1.29, 1.82) is 0 Å². The zero-order valence-corrected chi connectivity index (χ0v) is 17.3. The number of ketones is 1. The van der Waals surface area contributed by atoms with Crippen LogP contribution in [0.1, 0.15) is 42.9 Å². The number of oxazole rings is 1. The third kappa shape index (κ3) is 6.25. The molecule has 0 aliphatic carbocycles. The highest BCUT2D eigenvalue weighted by atomic mass is 16.4. The molecule has 0 atom stereocenters. The van der Waals surface area contributed by atoms with Gasteiger partial charge in [-0.25, -0.2) is 4.98 Å². The van der Waals surface area contributed by atoms with Crippen molar-refractivity contribution in [3.05, 3.63) is 41.8 Å². The quantitative estimate of drug-likeness (QED) is 0.589. The lowest BCUT2D eigenvalue weighted by Crippen LogP contribution is -2.34. The van der Waals surface area contributed by atoms with E-state index in [1.54, 1.807) is 13.8 Å². The molecule has 0 radical (unpaired) electrons. The Morgan fingerprint density at radius 2 is 1.83 bits per heavy atom. The number of nitrogens with two attached hydrogens (primary N) is 1. The molecule has 0 spiro atoms. The maximum Gasteiger partial charge on any atom is 0.227 e. The van der Waals surface area contributed by atoms with Crippen molar-refractivity contribution in [3.63, 3.8) is 0 Å². The maximum absolute atomic E-state index is 12.7. The van der Waals surface area contributed by atoms with Crippen molar-refractivity contribution in [2.24, 2.45) is 11.1 Å². The Bertz CT molecular complexity index is 872. The van der Waals surface area contributed by atoms with Crippen LogP contribution in [0.5, 0.6) is 0 Å². The number of aromatic nitrogens is 1. The van der Waals surface area contributed by atoms with E-state index in [0.717, 1.165) is 5.56 Å². The first-order valence-corrected chi connectivity index (χ1v) is 9.40. The second-order valence-corrected chi connectivity index (χ2v) is 7.85. The van der Waals surface area contributed by atoms with Gasteiger partial charge in [-0.15, -0.1) is 0 Å². The minimum atomic E-state index is -0.782. The van der Waals surface area contributed by atoms with E-state index in [9.17, 15) is 14.4 Å². The monoisotopic (exact) mass is 400 g/mol. The van der Waals surface area contributed by atoms with Gasteiger partial charge in [0.2, 0.25) is 23.5 Å². The molecule has 0 fully saturated rings. The largest absolute Gasteiger partial charge is 0.433 e. The Balaban J connectivity index is 2.06. The molecule has 3 N–H and O–H groups in total. The van der Waals surface area contributed by atoms with Crippen molar-refractivity contribution in [3.8, 4) is 11.5 Å². The molecule has 8 heteroatoms.